The molecular weight excluding hydrogens is 587 g/mol. The predicted octanol–water partition coefficient (Wildman–Crippen LogP) is 4.88. The Morgan fingerprint density at radius 2 is 1.78 bits per heavy atom. The minimum absolute atomic E-state index is 0.0669. The second-order valence-electron chi connectivity index (χ2n) is 10.1. The molecule has 1 atom stereocenters. The molecule has 4 rings (SSSR count). The summed E-state index contributed by atoms with van der Waals surface area (Å²) in [5.41, 5.74) is -2.03. The van der Waals surface area contributed by atoms with E-state index in [1.807, 2.05) is 0 Å². The molecule has 0 saturated carbocycles. The fourth-order valence-corrected chi connectivity index (χ4v) is 6.83. The van der Waals surface area contributed by atoms with E-state index in [0.29, 0.717) is 6.07 Å². The number of aromatic nitrogens is 1. The van der Waals surface area contributed by atoms with E-state index < -0.39 is 66.6 Å². The molecule has 1 aliphatic rings. The highest BCUT2D eigenvalue weighted by Crippen LogP contribution is 2.40. The molecule has 10 nitrogen and oxygen atoms in total. The van der Waals surface area contributed by atoms with Crippen molar-refractivity contribution in [1.82, 2.24) is 4.98 Å². The number of anilines is 2. The van der Waals surface area contributed by atoms with E-state index in [0.717, 1.165) is 22.5 Å². The van der Waals surface area contributed by atoms with Crippen molar-refractivity contribution in [3.8, 4) is 5.75 Å². The lowest BCUT2D eigenvalue weighted by Gasteiger charge is -2.35. The maximum atomic E-state index is 13.8. The van der Waals surface area contributed by atoms with Crippen molar-refractivity contribution in [2.75, 3.05) is 21.9 Å². The Bertz CT molecular complexity index is 1660. The average molecular weight is 614 g/mol. The minimum Gasteiger partial charge on any atom is -0.485 e. The molecule has 15 heteroatoms. The maximum Gasteiger partial charge on any atom is 0.416 e. The second-order valence-corrected chi connectivity index (χ2v) is 13.9. The van der Waals surface area contributed by atoms with Gasteiger partial charge < -0.3 is 9.47 Å². The zero-order valence-corrected chi connectivity index (χ0v) is 23.7. The molecular formula is C26H26F3N3O7S2. The van der Waals surface area contributed by atoms with Crippen LogP contribution in [0.4, 0.5) is 29.3 Å². The molecule has 2 aromatic carbocycles. The Morgan fingerprint density at radius 3 is 2.41 bits per heavy atom. The molecule has 41 heavy (non-hydrogen) atoms. The first kappa shape index (κ1) is 30.1. The van der Waals surface area contributed by atoms with Gasteiger partial charge in [0, 0.05) is 11.9 Å². The molecule has 220 valence electrons. The number of nitrogens with one attached hydrogen (secondary N) is 1. The Morgan fingerprint density at radius 1 is 1.05 bits per heavy atom. The number of nitrogens with zero attached hydrogens (tertiary/aromatic N) is 2. The van der Waals surface area contributed by atoms with E-state index in [9.17, 15) is 34.8 Å². The summed E-state index contributed by atoms with van der Waals surface area (Å²) in [7, 11) is -8.73. The van der Waals surface area contributed by atoms with Crippen LogP contribution in [-0.4, -0.2) is 51.9 Å². The number of alkyl halides is 3. The largest absolute Gasteiger partial charge is 0.485 e. The molecule has 0 bridgehead atoms. The van der Waals surface area contributed by atoms with Crippen LogP contribution in [-0.2, 0) is 30.8 Å². The summed E-state index contributed by atoms with van der Waals surface area (Å²) in [5.74, 6) is -0.738. The number of rotatable bonds is 6. The second kappa shape index (κ2) is 10.9. The van der Waals surface area contributed by atoms with Crippen LogP contribution >= 0.6 is 0 Å². The molecule has 1 N–H and O–H groups in total. The Hall–Kier alpha value is -3.85. The van der Waals surface area contributed by atoms with Gasteiger partial charge in [0.15, 0.2) is 14.9 Å². The highest BCUT2D eigenvalue weighted by molar-refractivity contribution is 7.93. The van der Waals surface area contributed by atoms with Gasteiger partial charge in [-0.2, -0.15) is 13.2 Å². The van der Waals surface area contributed by atoms with Crippen LogP contribution in [0.1, 0.15) is 26.3 Å². The summed E-state index contributed by atoms with van der Waals surface area (Å²) in [6, 6.07) is 11.4. The molecule has 0 radical (unpaired) electrons. The van der Waals surface area contributed by atoms with Gasteiger partial charge in [0.2, 0.25) is 0 Å². The topological polar surface area (TPSA) is 132 Å². The fourth-order valence-electron chi connectivity index (χ4n) is 3.95. The van der Waals surface area contributed by atoms with Gasteiger partial charge in [0.1, 0.15) is 17.5 Å². The van der Waals surface area contributed by atoms with E-state index in [2.05, 4.69) is 10.3 Å². The summed E-state index contributed by atoms with van der Waals surface area (Å²) in [6.45, 7) is 4.38. The summed E-state index contributed by atoms with van der Waals surface area (Å²) < 4.78 is 105. The number of carbonyl (C=O) groups is 1. The molecule has 0 fully saturated rings. The summed E-state index contributed by atoms with van der Waals surface area (Å²) >= 11 is 0. The first-order valence-corrected chi connectivity index (χ1v) is 15.2. The van der Waals surface area contributed by atoms with Crippen molar-refractivity contribution < 1.29 is 44.3 Å². The van der Waals surface area contributed by atoms with Gasteiger partial charge in [-0.3, -0.25) is 9.62 Å². The predicted molar refractivity (Wildman–Crippen MR) is 143 cm³/mol. The van der Waals surface area contributed by atoms with Crippen molar-refractivity contribution in [3.63, 3.8) is 0 Å². The zero-order valence-electron chi connectivity index (χ0n) is 22.0. The minimum atomic E-state index is -4.81. The van der Waals surface area contributed by atoms with Gasteiger partial charge >= 0.3 is 12.3 Å². The molecule has 3 aromatic rings. The number of hydrogen-bond donors (Lipinski definition) is 1. The molecule has 1 aliphatic heterocycles. The lowest BCUT2D eigenvalue weighted by molar-refractivity contribution is -0.137. The van der Waals surface area contributed by atoms with Crippen molar-refractivity contribution in [1.29, 1.82) is 0 Å². The van der Waals surface area contributed by atoms with E-state index in [1.165, 1.54) is 42.6 Å². The zero-order chi connectivity index (χ0) is 30.2. The number of fused-ring (bicyclic) bond motifs is 1. The SMILES string of the molecule is CC(C)(C)OC(=O)Nc1ccc2c(c1)N(S(=O)(=O)c1cccc(C(F)(F)F)c1)CC(CS(=O)(=O)c1ccccn1)O2. The highest BCUT2D eigenvalue weighted by atomic mass is 32.2. The van der Waals surface area contributed by atoms with Crippen LogP contribution in [0, 0.1) is 0 Å². The van der Waals surface area contributed by atoms with Gasteiger partial charge in [0.05, 0.1) is 28.4 Å². The number of ether oxygens (including phenoxy) is 2. The van der Waals surface area contributed by atoms with Crippen LogP contribution < -0.4 is 14.4 Å². The molecule has 1 aromatic heterocycles. The van der Waals surface area contributed by atoms with E-state index >= 15 is 0 Å². The fraction of sp³-hybridized carbons (Fsp3) is 0.308. The lowest BCUT2D eigenvalue weighted by atomic mass is 10.2. The number of benzene rings is 2. The smallest absolute Gasteiger partial charge is 0.416 e. The van der Waals surface area contributed by atoms with Crippen molar-refractivity contribution in [2.45, 2.75) is 48.6 Å². The third kappa shape index (κ3) is 7.08. The van der Waals surface area contributed by atoms with Gasteiger partial charge in [-0.25, -0.2) is 26.6 Å². The highest BCUT2D eigenvalue weighted by Gasteiger charge is 2.39. The van der Waals surface area contributed by atoms with Crippen molar-refractivity contribution in [2.24, 2.45) is 0 Å². The first-order chi connectivity index (χ1) is 19.0. The number of halogens is 3. The maximum absolute atomic E-state index is 13.8. The van der Waals surface area contributed by atoms with Gasteiger partial charge in [-0.15, -0.1) is 0 Å². The monoisotopic (exact) mass is 613 g/mol. The average Bonchev–Trinajstić information content (AvgIpc) is 2.87. The Labute approximate surface area is 235 Å². The number of sulfone groups is 1. The van der Waals surface area contributed by atoms with Crippen LogP contribution in [0.15, 0.2) is 76.8 Å². The van der Waals surface area contributed by atoms with Gasteiger partial charge in [-0.05, 0) is 69.3 Å². The number of amides is 1. The molecule has 1 unspecified atom stereocenters. The number of sulfonamides is 1. The molecule has 2 heterocycles. The molecule has 0 aliphatic carbocycles. The van der Waals surface area contributed by atoms with Crippen LogP contribution in [0.5, 0.6) is 5.75 Å². The van der Waals surface area contributed by atoms with Crippen molar-refractivity contribution in [3.05, 3.63) is 72.4 Å². The third-order valence-electron chi connectivity index (χ3n) is 5.65. The molecule has 0 saturated heterocycles. The number of hydrogen-bond acceptors (Lipinski definition) is 8. The van der Waals surface area contributed by atoms with E-state index in [-0.39, 0.29) is 22.2 Å². The van der Waals surface area contributed by atoms with Crippen molar-refractivity contribution >= 4 is 37.3 Å². The quantitative estimate of drug-likeness (QED) is 0.416. The molecule has 1 amide bonds. The van der Waals surface area contributed by atoms with E-state index in [4.69, 9.17) is 9.47 Å². The van der Waals surface area contributed by atoms with Gasteiger partial charge in [0.25, 0.3) is 10.0 Å². The van der Waals surface area contributed by atoms with E-state index in [1.54, 1.807) is 20.8 Å². The van der Waals surface area contributed by atoms with Crippen LogP contribution in [0.3, 0.4) is 0 Å². The third-order valence-corrected chi connectivity index (χ3v) is 9.11. The van der Waals surface area contributed by atoms with Gasteiger partial charge in [-0.1, -0.05) is 12.1 Å². The lowest BCUT2D eigenvalue weighted by Crippen LogP contribution is -2.46. The summed E-state index contributed by atoms with van der Waals surface area (Å²) in [4.78, 5) is 15.5. The van der Waals surface area contributed by atoms with Crippen LogP contribution in [0.2, 0.25) is 0 Å². The number of carbonyl (C=O) groups excluding carboxylic acids is 1. The number of pyridine rings is 1. The first-order valence-electron chi connectivity index (χ1n) is 12.1. The normalized spacial score (nSPS) is 16.0. The Kier molecular flexibility index (Phi) is 7.97. The molecule has 0 spiro atoms. The van der Waals surface area contributed by atoms with Crippen LogP contribution in [0.25, 0.3) is 0 Å². The summed E-state index contributed by atoms with van der Waals surface area (Å²) in [5, 5.41) is 2.22. The summed E-state index contributed by atoms with van der Waals surface area (Å²) in [6.07, 6.45) is -5.60. The Balaban J connectivity index is 1.75. The standard InChI is InChI=1S/C26H26F3N3O7S2/c1-25(2,3)39-24(33)31-18-10-11-22-21(14-18)32(41(36,37)20-8-6-7-17(13-20)26(27,28)29)15-19(38-22)16-40(34,35)23-9-4-5-12-30-23/h4-14,19H,15-16H2,1-3H3,(H,31,33).